The van der Waals surface area contributed by atoms with E-state index >= 15 is 0 Å². The maximum atomic E-state index is 13.5. The predicted octanol–water partition coefficient (Wildman–Crippen LogP) is 3.37. The molecule has 0 spiro atoms. The molecule has 0 radical (unpaired) electrons. The van der Waals surface area contributed by atoms with Gasteiger partial charge in [0.25, 0.3) is 0 Å². The number of rotatable bonds is 4. The third-order valence-corrected chi connectivity index (χ3v) is 6.09. The fourth-order valence-corrected chi connectivity index (χ4v) is 4.72. The van der Waals surface area contributed by atoms with E-state index in [0.29, 0.717) is 11.7 Å². The number of para-hydroxylation sites is 1. The number of aromatic nitrogens is 1. The lowest BCUT2D eigenvalue weighted by atomic mass is 9.75. The van der Waals surface area contributed by atoms with Gasteiger partial charge in [0.05, 0.1) is 13.2 Å². The molecule has 25 heavy (non-hydrogen) atoms. The van der Waals surface area contributed by atoms with Crippen LogP contribution in [-0.4, -0.2) is 48.1 Å². The number of aryl methyl sites for hydroxylation is 1. The highest BCUT2D eigenvalue weighted by atomic mass is 16.5. The maximum Gasteiger partial charge on any atom is 0.169 e. The molecule has 2 heterocycles. The van der Waals surface area contributed by atoms with E-state index in [1.54, 1.807) is 0 Å². The Kier molecular flexibility index (Phi) is 4.65. The van der Waals surface area contributed by atoms with Crippen molar-refractivity contribution < 1.29 is 9.53 Å². The summed E-state index contributed by atoms with van der Waals surface area (Å²) >= 11 is 0. The first kappa shape index (κ1) is 16.8. The molecule has 1 aromatic carbocycles. The molecule has 1 fully saturated rings. The number of hydrogen-bond acceptors (Lipinski definition) is 3. The second-order valence-electron chi connectivity index (χ2n) is 7.34. The predicted molar refractivity (Wildman–Crippen MR) is 100 cm³/mol. The van der Waals surface area contributed by atoms with Gasteiger partial charge >= 0.3 is 0 Å². The normalized spacial score (nSPS) is 24.6. The third kappa shape index (κ3) is 2.81. The largest absolute Gasteiger partial charge is 0.379 e. The van der Waals surface area contributed by atoms with E-state index in [1.165, 1.54) is 11.2 Å². The van der Waals surface area contributed by atoms with E-state index in [4.69, 9.17) is 4.74 Å². The van der Waals surface area contributed by atoms with Crippen LogP contribution in [0.15, 0.2) is 24.3 Å². The number of benzene rings is 1. The van der Waals surface area contributed by atoms with Gasteiger partial charge in [-0.2, -0.15) is 0 Å². The fourth-order valence-electron chi connectivity index (χ4n) is 4.72. The summed E-state index contributed by atoms with van der Waals surface area (Å²) in [6.07, 6.45) is 2.08. The summed E-state index contributed by atoms with van der Waals surface area (Å²) in [5, 5.41) is 1.14. The molecular formula is C21H28N2O2. The van der Waals surface area contributed by atoms with Crippen LogP contribution in [0.2, 0.25) is 0 Å². The molecule has 0 bridgehead atoms. The van der Waals surface area contributed by atoms with Gasteiger partial charge in [0.15, 0.2) is 5.78 Å². The molecule has 2 aliphatic rings. The van der Waals surface area contributed by atoms with Crippen molar-refractivity contribution in [1.29, 1.82) is 0 Å². The van der Waals surface area contributed by atoms with Crippen molar-refractivity contribution in [2.75, 3.05) is 32.8 Å². The highest BCUT2D eigenvalue weighted by molar-refractivity contribution is 6.11. The van der Waals surface area contributed by atoms with Gasteiger partial charge in [-0.25, -0.2) is 0 Å². The van der Waals surface area contributed by atoms with Crippen molar-refractivity contribution in [3.63, 3.8) is 0 Å². The number of Topliss-reactive ketones (excluding diaryl/α,β-unsaturated/α-hetero) is 1. The van der Waals surface area contributed by atoms with Crippen molar-refractivity contribution >= 4 is 16.7 Å². The Morgan fingerprint density at radius 2 is 1.92 bits per heavy atom. The molecule has 2 aromatic rings. The van der Waals surface area contributed by atoms with Gasteiger partial charge in [-0.15, -0.1) is 0 Å². The number of carbonyl (C=O) groups excluding carboxylic acids is 1. The maximum absolute atomic E-state index is 13.5. The Morgan fingerprint density at radius 3 is 2.64 bits per heavy atom. The lowest BCUT2D eigenvalue weighted by Gasteiger charge is -2.36. The summed E-state index contributed by atoms with van der Waals surface area (Å²) in [6.45, 7) is 9.69. The Morgan fingerprint density at radius 1 is 1.16 bits per heavy atom. The molecule has 2 atom stereocenters. The summed E-state index contributed by atoms with van der Waals surface area (Å²) in [5.41, 5.74) is 3.48. The first-order valence-corrected chi connectivity index (χ1v) is 9.69. The lowest BCUT2D eigenvalue weighted by Crippen LogP contribution is -2.45. The van der Waals surface area contributed by atoms with E-state index in [0.717, 1.165) is 63.2 Å². The summed E-state index contributed by atoms with van der Waals surface area (Å²) in [4.78, 5) is 15.9. The molecule has 1 aromatic heterocycles. The third-order valence-electron chi connectivity index (χ3n) is 6.09. The Bertz CT molecular complexity index is 774. The fraction of sp³-hybridized carbons (Fsp3) is 0.571. The van der Waals surface area contributed by atoms with E-state index in [2.05, 4.69) is 47.6 Å². The van der Waals surface area contributed by atoms with Crippen molar-refractivity contribution in [3.8, 4) is 0 Å². The van der Waals surface area contributed by atoms with E-state index in [-0.39, 0.29) is 5.92 Å². The molecule has 134 valence electrons. The minimum absolute atomic E-state index is 0.117. The van der Waals surface area contributed by atoms with Crippen LogP contribution in [0, 0.1) is 11.8 Å². The van der Waals surface area contributed by atoms with E-state index < -0.39 is 0 Å². The smallest absolute Gasteiger partial charge is 0.169 e. The van der Waals surface area contributed by atoms with Gasteiger partial charge in [0.1, 0.15) is 0 Å². The minimum atomic E-state index is 0.117. The molecular weight excluding hydrogens is 312 g/mol. The first-order valence-electron chi connectivity index (χ1n) is 9.69. The van der Waals surface area contributed by atoms with E-state index in [9.17, 15) is 4.79 Å². The van der Waals surface area contributed by atoms with Gasteiger partial charge < -0.3 is 9.30 Å². The molecule has 0 amide bonds. The van der Waals surface area contributed by atoms with Crippen LogP contribution in [0.1, 0.15) is 36.3 Å². The van der Waals surface area contributed by atoms with Crippen molar-refractivity contribution in [2.24, 2.45) is 11.8 Å². The van der Waals surface area contributed by atoms with Crippen molar-refractivity contribution in [1.82, 2.24) is 9.47 Å². The Balaban J connectivity index is 1.74. The molecule has 4 rings (SSSR count). The molecule has 2 unspecified atom stereocenters. The van der Waals surface area contributed by atoms with Gasteiger partial charge in [-0.3, -0.25) is 9.69 Å². The van der Waals surface area contributed by atoms with Crippen molar-refractivity contribution in [3.05, 3.63) is 35.5 Å². The average molecular weight is 340 g/mol. The summed E-state index contributed by atoms with van der Waals surface area (Å²) in [5.74, 6) is 0.923. The quantitative estimate of drug-likeness (QED) is 0.856. The van der Waals surface area contributed by atoms with Crippen LogP contribution < -0.4 is 0 Å². The second-order valence-corrected chi connectivity index (χ2v) is 7.34. The van der Waals surface area contributed by atoms with Gasteiger partial charge in [0, 0.05) is 54.3 Å². The number of fused-ring (bicyclic) bond motifs is 3. The topological polar surface area (TPSA) is 34.5 Å². The van der Waals surface area contributed by atoms with E-state index in [1.807, 2.05) is 0 Å². The van der Waals surface area contributed by atoms with Gasteiger partial charge in [-0.05, 0) is 25.3 Å². The standard InChI is InChI=1S/C21H28N2O2/c1-3-15-13-19-20(16-7-5-6-8-18(16)23(19)4-2)21(24)17(15)14-22-9-11-25-12-10-22/h5-8,15,17H,3-4,9-14H2,1-2H3. The van der Waals surface area contributed by atoms with Crippen LogP contribution in [0.5, 0.6) is 0 Å². The second kappa shape index (κ2) is 6.93. The number of carbonyl (C=O) groups is 1. The molecule has 1 saturated heterocycles. The van der Waals surface area contributed by atoms with Crippen LogP contribution >= 0.6 is 0 Å². The molecule has 4 heteroatoms. The molecule has 0 N–H and O–H groups in total. The molecule has 1 aliphatic heterocycles. The van der Waals surface area contributed by atoms with Crippen LogP contribution in [0.4, 0.5) is 0 Å². The lowest BCUT2D eigenvalue weighted by molar-refractivity contribution is 0.0243. The van der Waals surface area contributed by atoms with Crippen LogP contribution in [0.3, 0.4) is 0 Å². The zero-order chi connectivity index (χ0) is 17.4. The highest BCUT2D eigenvalue weighted by Gasteiger charge is 2.39. The number of morpholine rings is 1. The first-order chi connectivity index (χ1) is 12.2. The molecule has 4 nitrogen and oxygen atoms in total. The number of nitrogens with zero attached hydrogens (tertiary/aromatic N) is 2. The highest BCUT2D eigenvalue weighted by Crippen LogP contribution is 2.38. The zero-order valence-electron chi connectivity index (χ0n) is 15.3. The van der Waals surface area contributed by atoms with Gasteiger partial charge in [0.2, 0.25) is 0 Å². The summed E-state index contributed by atoms with van der Waals surface area (Å²) in [7, 11) is 0. The Labute approximate surface area is 149 Å². The monoisotopic (exact) mass is 340 g/mol. The molecule has 1 aliphatic carbocycles. The summed E-state index contributed by atoms with van der Waals surface area (Å²) < 4.78 is 7.83. The van der Waals surface area contributed by atoms with Gasteiger partial charge in [-0.1, -0.05) is 31.5 Å². The SMILES string of the molecule is CCC1Cc2c(c3ccccc3n2CC)C(=O)C1CN1CCOCC1. The minimum Gasteiger partial charge on any atom is -0.379 e. The number of hydrogen-bond donors (Lipinski definition) is 0. The number of ketones is 1. The number of ether oxygens (including phenoxy) is 1. The Hall–Kier alpha value is -1.65. The summed E-state index contributed by atoms with van der Waals surface area (Å²) in [6, 6.07) is 8.41. The zero-order valence-corrected chi connectivity index (χ0v) is 15.3. The van der Waals surface area contributed by atoms with Crippen molar-refractivity contribution in [2.45, 2.75) is 33.2 Å². The molecule has 0 saturated carbocycles. The average Bonchev–Trinajstić information content (AvgIpc) is 2.98. The van der Waals surface area contributed by atoms with Crippen LogP contribution in [-0.2, 0) is 17.7 Å². The van der Waals surface area contributed by atoms with Crippen LogP contribution in [0.25, 0.3) is 10.9 Å².